The summed E-state index contributed by atoms with van der Waals surface area (Å²) in [4.78, 5) is 24.6. The molecule has 1 aromatic carbocycles. The number of nitrogens with one attached hydrogen (secondary N) is 1. The van der Waals surface area contributed by atoms with Gasteiger partial charge in [-0.2, -0.15) is 5.10 Å². The highest BCUT2D eigenvalue weighted by atomic mass is 19.4. The summed E-state index contributed by atoms with van der Waals surface area (Å²) in [7, 11) is 0. The Labute approximate surface area is 156 Å². The van der Waals surface area contributed by atoms with Gasteiger partial charge in [-0.05, 0) is 37.3 Å². The fourth-order valence-electron chi connectivity index (χ4n) is 2.39. The maximum Gasteiger partial charge on any atom is 0.573 e. The highest BCUT2D eigenvalue weighted by Gasteiger charge is 2.32. The quantitative estimate of drug-likeness (QED) is 0.716. The van der Waals surface area contributed by atoms with E-state index >= 15 is 0 Å². The van der Waals surface area contributed by atoms with Crippen LogP contribution in [0.25, 0.3) is 11.5 Å². The van der Waals surface area contributed by atoms with Crippen LogP contribution >= 0.6 is 0 Å². The summed E-state index contributed by atoms with van der Waals surface area (Å²) in [6.45, 7) is 1.39. The minimum atomic E-state index is -4.91. The van der Waals surface area contributed by atoms with E-state index in [1.54, 1.807) is 12.1 Å². The first kappa shape index (κ1) is 19.2. The molecule has 28 heavy (non-hydrogen) atoms. The number of carbonyl (C=O) groups is 1. The van der Waals surface area contributed by atoms with Gasteiger partial charge in [0.15, 0.2) is 11.5 Å². The first-order chi connectivity index (χ1) is 13.2. The van der Waals surface area contributed by atoms with E-state index in [0.29, 0.717) is 11.5 Å². The van der Waals surface area contributed by atoms with E-state index in [2.05, 4.69) is 15.2 Å². The van der Waals surface area contributed by atoms with Gasteiger partial charge in [-0.25, -0.2) is 4.68 Å². The lowest BCUT2D eigenvalue weighted by Gasteiger charge is -2.17. The molecule has 0 radical (unpaired) electrons. The van der Waals surface area contributed by atoms with Crippen molar-refractivity contribution in [2.45, 2.75) is 19.3 Å². The summed E-state index contributed by atoms with van der Waals surface area (Å²) < 4.78 is 47.6. The fourth-order valence-corrected chi connectivity index (χ4v) is 2.39. The zero-order valence-corrected chi connectivity index (χ0v) is 14.4. The van der Waals surface area contributed by atoms with Crippen LogP contribution in [0.5, 0.6) is 5.75 Å². The van der Waals surface area contributed by atoms with Gasteiger partial charge in [-0.1, -0.05) is 12.1 Å². The molecule has 2 heterocycles. The number of ether oxygens (including phenoxy) is 1. The summed E-state index contributed by atoms with van der Waals surface area (Å²) in [5, 5.41) is 6.42. The third kappa shape index (κ3) is 4.40. The smallest absolute Gasteiger partial charge is 0.463 e. The molecule has 10 heteroatoms. The number of rotatable bonds is 5. The molecule has 1 atom stereocenters. The molecule has 7 nitrogen and oxygen atoms in total. The Morgan fingerprint density at radius 1 is 1.18 bits per heavy atom. The molecule has 3 aromatic rings. The summed E-state index contributed by atoms with van der Waals surface area (Å²) in [5.41, 5.74) is -0.422. The van der Waals surface area contributed by atoms with Crippen LogP contribution in [0.3, 0.4) is 0 Å². The summed E-state index contributed by atoms with van der Waals surface area (Å²) >= 11 is 0. The number of anilines is 1. The second kappa shape index (κ2) is 7.59. The average molecular weight is 393 g/mol. The number of benzene rings is 1. The molecule has 1 amide bonds. The highest BCUT2D eigenvalue weighted by Crippen LogP contribution is 2.30. The third-order valence-corrected chi connectivity index (χ3v) is 3.72. The molecule has 146 valence electrons. The Morgan fingerprint density at radius 3 is 2.61 bits per heavy atom. The molecular formula is C18H14F3N3O4. The van der Waals surface area contributed by atoms with Crippen LogP contribution in [-0.2, 0) is 4.79 Å². The molecule has 0 aliphatic rings. The molecule has 0 unspecified atom stereocenters. The molecule has 0 saturated heterocycles. The molecule has 0 saturated carbocycles. The van der Waals surface area contributed by atoms with Crippen molar-refractivity contribution in [3.8, 4) is 17.2 Å². The Morgan fingerprint density at radius 2 is 1.93 bits per heavy atom. The van der Waals surface area contributed by atoms with Gasteiger partial charge >= 0.3 is 6.36 Å². The number of amides is 1. The van der Waals surface area contributed by atoms with Gasteiger partial charge in [0.05, 0.1) is 12.0 Å². The number of nitrogens with zero attached hydrogens (tertiary/aromatic N) is 2. The van der Waals surface area contributed by atoms with Gasteiger partial charge < -0.3 is 14.5 Å². The molecular weight excluding hydrogens is 379 g/mol. The first-order valence-corrected chi connectivity index (χ1v) is 8.04. The van der Waals surface area contributed by atoms with Gasteiger partial charge in [0.2, 0.25) is 5.91 Å². The maximum atomic E-state index is 12.5. The minimum absolute atomic E-state index is 0.188. The number of hydrogen-bond donors (Lipinski definition) is 1. The lowest BCUT2D eigenvalue weighted by Crippen LogP contribution is -2.33. The van der Waals surface area contributed by atoms with Crippen molar-refractivity contribution in [3.63, 3.8) is 0 Å². The number of aromatic nitrogens is 2. The molecule has 0 bridgehead atoms. The van der Waals surface area contributed by atoms with Gasteiger partial charge in [0.25, 0.3) is 5.56 Å². The Balaban J connectivity index is 1.85. The summed E-state index contributed by atoms with van der Waals surface area (Å²) in [6.07, 6.45) is -3.48. The van der Waals surface area contributed by atoms with Crippen molar-refractivity contribution in [3.05, 3.63) is 65.1 Å². The van der Waals surface area contributed by atoms with Crippen molar-refractivity contribution >= 4 is 11.6 Å². The molecule has 1 N–H and O–H groups in total. The van der Waals surface area contributed by atoms with Crippen molar-refractivity contribution < 1.29 is 27.1 Å². The maximum absolute atomic E-state index is 12.5. The van der Waals surface area contributed by atoms with Gasteiger partial charge in [-0.3, -0.25) is 9.59 Å². The summed E-state index contributed by atoms with van der Waals surface area (Å²) in [6, 6.07) is 9.90. The normalized spacial score (nSPS) is 12.4. The average Bonchev–Trinajstić information content (AvgIpc) is 3.16. The number of para-hydroxylation sites is 2. The van der Waals surface area contributed by atoms with Crippen molar-refractivity contribution in [2.75, 3.05) is 5.32 Å². The zero-order chi connectivity index (χ0) is 20.3. The Hall–Kier alpha value is -3.56. The van der Waals surface area contributed by atoms with Crippen molar-refractivity contribution in [2.24, 2.45) is 0 Å². The standard InChI is InChI=1S/C18H14F3N3O4/c1-11(24-16(25)9-8-13(23-24)14-7-4-10-27-14)17(26)22-12-5-2-3-6-15(12)28-18(19,20)21/h2-11H,1H3,(H,22,26)/t11-/m1/s1. The number of halogens is 3. The number of furan rings is 1. The molecule has 0 aliphatic carbocycles. The van der Waals surface area contributed by atoms with Crippen LogP contribution in [0.4, 0.5) is 18.9 Å². The monoisotopic (exact) mass is 393 g/mol. The van der Waals surface area contributed by atoms with Crippen LogP contribution in [-0.4, -0.2) is 22.1 Å². The molecule has 2 aromatic heterocycles. The van der Waals surface area contributed by atoms with Crippen LogP contribution < -0.4 is 15.6 Å². The lowest BCUT2D eigenvalue weighted by molar-refractivity contribution is -0.274. The third-order valence-electron chi connectivity index (χ3n) is 3.72. The van der Waals surface area contributed by atoms with Crippen LogP contribution in [0, 0.1) is 0 Å². The van der Waals surface area contributed by atoms with E-state index in [0.717, 1.165) is 10.7 Å². The Bertz CT molecular complexity index is 1030. The predicted molar refractivity (Wildman–Crippen MR) is 92.7 cm³/mol. The zero-order valence-electron chi connectivity index (χ0n) is 14.4. The minimum Gasteiger partial charge on any atom is -0.463 e. The van der Waals surface area contributed by atoms with Crippen LogP contribution in [0.1, 0.15) is 13.0 Å². The second-order valence-corrected chi connectivity index (χ2v) is 5.69. The molecule has 0 fully saturated rings. The molecule has 3 rings (SSSR count). The van der Waals surface area contributed by atoms with E-state index < -0.39 is 29.6 Å². The van der Waals surface area contributed by atoms with Crippen molar-refractivity contribution in [1.82, 2.24) is 9.78 Å². The van der Waals surface area contributed by atoms with Crippen LogP contribution in [0.2, 0.25) is 0 Å². The van der Waals surface area contributed by atoms with E-state index in [1.807, 2.05) is 0 Å². The van der Waals surface area contributed by atoms with Crippen molar-refractivity contribution in [1.29, 1.82) is 0 Å². The number of carbonyl (C=O) groups excluding carboxylic acids is 1. The molecule has 0 aliphatic heterocycles. The van der Waals surface area contributed by atoms with E-state index in [-0.39, 0.29) is 5.69 Å². The SMILES string of the molecule is C[C@H](C(=O)Nc1ccccc1OC(F)(F)F)n1nc(-c2ccco2)ccc1=O. The number of alkyl halides is 3. The predicted octanol–water partition coefficient (Wildman–Crippen LogP) is 3.60. The summed E-state index contributed by atoms with van der Waals surface area (Å²) in [5.74, 6) is -0.921. The van der Waals surface area contributed by atoms with Crippen LogP contribution in [0.15, 0.2) is 64.0 Å². The van der Waals surface area contributed by atoms with Gasteiger partial charge in [-0.15, -0.1) is 13.2 Å². The van der Waals surface area contributed by atoms with E-state index in [1.165, 1.54) is 43.5 Å². The lowest BCUT2D eigenvalue weighted by atomic mass is 10.2. The second-order valence-electron chi connectivity index (χ2n) is 5.69. The Kier molecular flexibility index (Phi) is 5.21. The number of hydrogen-bond acceptors (Lipinski definition) is 5. The fraction of sp³-hybridized carbons (Fsp3) is 0.167. The van der Waals surface area contributed by atoms with Gasteiger partial charge in [0, 0.05) is 6.07 Å². The first-order valence-electron chi connectivity index (χ1n) is 8.04. The topological polar surface area (TPSA) is 86.4 Å². The van der Waals surface area contributed by atoms with E-state index in [9.17, 15) is 22.8 Å². The highest BCUT2D eigenvalue weighted by molar-refractivity contribution is 5.94. The van der Waals surface area contributed by atoms with Gasteiger partial charge in [0.1, 0.15) is 11.7 Å². The molecule has 0 spiro atoms. The van der Waals surface area contributed by atoms with E-state index in [4.69, 9.17) is 4.42 Å². The largest absolute Gasteiger partial charge is 0.573 e.